The fourth-order valence-electron chi connectivity index (χ4n) is 7.57. The summed E-state index contributed by atoms with van der Waals surface area (Å²) in [5.74, 6) is 1.26. The smallest absolute Gasteiger partial charge is 0.305 e. The first kappa shape index (κ1) is 23.3. The Bertz CT molecular complexity index is 869. The standard InChI is InChI=1S/C27H38O5/c1-16(6-11-25(30)31-5)21-9-10-22-20-8-7-18-14-19(32-17(2)28)12-13-26(18,3)23(20)15-24(29)27(21,22)4/h9,15-16,18-20,22H,6-8,10-14H2,1-5H3/t16-,18-,19-,20?,22?,26+,27-/m1/s1. The molecule has 0 aromatic heterocycles. The zero-order valence-corrected chi connectivity index (χ0v) is 20.2. The van der Waals surface area contributed by atoms with Crippen molar-refractivity contribution >= 4 is 17.7 Å². The van der Waals surface area contributed by atoms with Crippen LogP contribution in [0, 0.1) is 34.5 Å². The first-order chi connectivity index (χ1) is 15.1. The predicted molar refractivity (Wildman–Crippen MR) is 122 cm³/mol. The normalized spacial score (nSPS) is 39.1. The van der Waals surface area contributed by atoms with E-state index in [1.54, 1.807) is 0 Å². The van der Waals surface area contributed by atoms with Crippen LogP contribution in [-0.2, 0) is 23.9 Å². The highest BCUT2D eigenvalue weighted by Crippen LogP contribution is 2.64. The van der Waals surface area contributed by atoms with Crippen LogP contribution in [0.1, 0.15) is 79.1 Å². The van der Waals surface area contributed by atoms with Gasteiger partial charge in [0, 0.05) is 13.3 Å². The van der Waals surface area contributed by atoms with Crippen molar-refractivity contribution in [2.45, 2.75) is 85.2 Å². The van der Waals surface area contributed by atoms with Crippen molar-refractivity contribution in [1.82, 2.24) is 0 Å². The second kappa shape index (κ2) is 8.46. The molecule has 2 unspecified atom stereocenters. The Morgan fingerprint density at radius 2 is 1.97 bits per heavy atom. The van der Waals surface area contributed by atoms with Crippen molar-refractivity contribution < 1.29 is 23.9 Å². The maximum Gasteiger partial charge on any atom is 0.305 e. The van der Waals surface area contributed by atoms with Crippen LogP contribution in [0.15, 0.2) is 23.3 Å². The fraction of sp³-hybridized carbons (Fsp3) is 0.741. The van der Waals surface area contributed by atoms with Crippen LogP contribution in [0.3, 0.4) is 0 Å². The molecule has 0 aliphatic heterocycles. The largest absolute Gasteiger partial charge is 0.469 e. The Hall–Kier alpha value is -1.91. The van der Waals surface area contributed by atoms with E-state index in [4.69, 9.17) is 9.47 Å². The van der Waals surface area contributed by atoms with Crippen molar-refractivity contribution in [3.63, 3.8) is 0 Å². The number of hydrogen-bond acceptors (Lipinski definition) is 5. The molecule has 7 atom stereocenters. The fourth-order valence-corrected chi connectivity index (χ4v) is 7.57. The highest BCUT2D eigenvalue weighted by molar-refractivity contribution is 5.99. The number of hydrogen-bond donors (Lipinski definition) is 0. The molecule has 5 nitrogen and oxygen atoms in total. The molecule has 32 heavy (non-hydrogen) atoms. The molecule has 176 valence electrons. The summed E-state index contributed by atoms with van der Waals surface area (Å²) in [5, 5.41) is 0. The molecule has 0 N–H and O–H groups in total. The number of esters is 2. The van der Waals surface area contributed by atoms with Gasteiger partial charge < -0.3 is 9.47 Å². The molecule has 4 rings (SSSR count). The van der Waals surface area contributed by atoms with Gasteiger partial charge >= 0.3 is 11.9 Å². The molecular weight excluding hydrogens is 404 g/mol. The average molecular weight is 443 g/mol. The molecule has 2 fully saturated rings. The number of ether oxygens (including phenoxy) is 2. The SMILES string of the molecule is COC(=O)CC[C@@H](C)C1=CCC2C3CC[C@@H]4C[C@H](OC(C)=O)CC[C@]4(C)C3=CC(=O)[C@]12C. The van der Waals surface area contributed by atoms with Crippen LogP contribution < -0.4 is 0 Å². The molecule has 2 saturated carbocycles. The van der Waals surface area contributed by atoms with E-state index in [0.29, 0.717) is 30.6 Å². The maximum atomic E-state index is 13.7. The number of carbonyl (C=O) groups is 3. The Morgan fingerprint density at radius 3 is 2.66 bits per heavy atom. The summed E-state index contributed by atoms with van der Waals surface area (Å²) in [5.41, 5.74) is 2.15. The van der Waals surface area contributed by atoms with Gasteiger partial charge in [0.15, 0.2) is 5.78 Å². The third-order valence-electron chi connectivity index (χ3n) is 9.41. The van der Waals surface area contributed by atoms with Crippen molar-refractivity contribution in [3.8, 4) is 0 Å². The third-order valence-corrected chi connectivity index (χ3v) is 9.41. The van der Waals surface area contributed by atoms with Gasteiger partial charge in [-0.1, -0.05) is 31.1 Å². The van der Waals surface area contributed by atoms with Gasteiger partial charge in [-0.25, -0.2) is 0 Å². The average Bonchev–Trinajstić information content (AvgIpc) is 3.11. The lowest BCUT2D eigenvalue weighted by molar-refractivity contribution is -0.151. The third kappa shape index (κ3) is 3.66. The monoisotopic (exact) mass is 442 g/mol. The van der Waals surface area contributed by atoms with Gasteiger partial charge in [-0.2, -0.15) is 0 Å². The lowest BCUT2D eigenvalue weighted by Gasteiger charge is -2.56. The summed E-state index contributed by atoms with van der Waals surface area (Å²) in [6.07, 6.45) is 11.4. The number of allylic oxidation sites excluding steroid dienone is 4. The molecule has 0 radical (unpaired) electrons. The van der Waals surface area contributed by atoms with Crippen molar-refractivity contribution in [2.24, 2.45) is 34.5 Å². The molecular formula is C27H38O5. The van der Waals surface area contributed by atoms with E-state index in [9.17, 15) is 14.4 Å². The molecule has 0 amide bonds. The Balaban J connectivity index is 1.56. The molecule has 0 bridgehead atoms. The number of carbonyl (C=O) groups excluding carboxylic acids is 3. The Labute approximate surface area is 192 Å². The summed E-state index contributed by atoms with van der Waals surface area (Å²) in [6, 6.07) is 0. The molecule has 0 saturated heterocycles. The second-order valence-electron chi connectivity index (χ2n) is 11.0. The quantitative estimate of drug-likeness (QED) is 0.433. The van der Waals surface area contributed by atoms with Gasteiger partial charge in [-0.15, -0.1) is 0 Å². The lowest BCUT2D eigenvalue weighted by atomic mass is 9.48. The summed E-state index contributed by atoms with van der Waals surface area (Å²) in [6.45, 7) is 8.12. The van der Waals surface area contributed by atoms with E-state index in [1.165, 1.54) is 25.2 Å². The van der Waals surface area contributed by atoms with Crippen LogP contribution in [0.5, 0.6) is 0 Å². The number of methoxy groups -OCH3 is 1. The molecule has 0 heterocycles. The lowest BCUT2D eigenvalue weighted by Crippen LogP contribution is -2.51. The zero-order chi connectivity index (χ0) is 23.3. The van der Waals surface area contributed by atoms with E-state index >= 15 is 0 Å². The second-order valence-corrected chi connectivity index (χ2v) is 11.0. The first-order valence-corrected chi connectivity index (χ1v) is 12.3. The van der Waals surface area contributed by atoms with E-state index in [-0.39, 0.29) is 35.2 Å². The van der Waals surface area contributed by atoms with Crippen LogP contribution in [-0.4, -0.2) is 30.9 Å². The van der Waals surface area contributed by atoms with Crippen LogP contribution >= 0.6 is 0 Å². The highest BCUT2D eigenvalue weighted by atomic mass is 16.5. The van der Waals surface area contributed by atoms with Gasteiger partial charge in [0.2, 0.25) is 0 Å². The Morgan fingerprint density at radius 1 is 1.22 bits per heavy atom. The Kier molecular flexibility index (Phi) is 6.15. The van der Waals surface area contributed by atoms with Gasteiger partial charge in [-0.3, -0.25) is 14.4 Å². The molecule has 4 aliphatic carbocycles. The topological polar surface area (TPSA) is 69.7 Å². The van der Waals surface area contributed by atoms with Crippen LogP contribution in [0.2, 0.25) is 0 Å². The van der Waals surface area contributed by atoms with Crippen LogP contribution in [0.4, 0.5) is 0 Å². The van der Waals surface area contributed by atoms with Crippen molar-refractivity contribution in [1.29, 1.82) is 0 Å². The number of fused-ring (bicyclic) bond motifs is 5. The van der Waals surface area contributed by atoms with E-state index in [2.05, 4.69) is 26.8 Å². The molecule has 0 aromatic carbocycles. The predicted octanol–water partition coefficient (Wildman–Crippen LogP) is 5.19. The highest BCUT2D eigenvalue weighted by Gasteiger charge is 2.58. The van der Waals surface area contributed by atoms with E-state index in [1.807, 2.05) is 6.08 Å². The minimum absolute atomic E-state index is 0.0164. The molecule has 5 heteroatoms. The molecule has 0 aromatic rings. The van der Waals surface area contributed by atoms with E-state index < -0.39 is 5.41 Å². The summed E-state index contributed by atoms with van der Waals surface area (Å²) < 4.78 is 10.4. The van der Waals surface area contributed by atoms with Crippen molar-refractivity contribution in [3.05, 3.63) is 23.3 Å². The van der Waals surface area contributed by atoms with E-state index in [0.717, 1.165) is 38.5 Å². The minimum atomic E-state index is -0.457. The minimum Gasteiger partial charge on any atom is -0.469 e. The van der Waals surface area contributed by atoms with Crippen molar-refractivity contribution in [2.75, 3.05) is 7.11 Å². The number of ketones is 1. The van der Waals surface area contributed by atoms with Crippen LogP contribution in [0.25, 0.3) is 0 Å². The molecule has 4 aliphatic rings. The zero-order valence-electron chi connectivity index (χ0n) is 20.2. The summed E-state index contributed by atoms with van der Waals surface area (Å²) in [4.78, 5) is 36.8. The van der Waals surface area contributed by atoms with Gasteiger partial charge in [0.25, 0.3) is 0 Å². The summed E-state index contributed by atoms with van der Waals surface area (Å²) in [7, 11) is 1.42. The van der Waals surface area contributed by atoms with Gasteiger partial charge in [0.05, 0.1) is 12.5 Å². The summed E-state index contributed by atoms with van der Waals surface area (Å²) >= 11 is 0. The van der Waals surface area contributed by atoms with Gasteiger partial charge in [-0.05, 0) is 87.0 Å². The number of rotatable bonds is 5. The first-order valence-electron chi connectivity index (χ1n) is 12.3. The van der Waals surface area contributed by atoms with Gasteiger partial charge in [0.1, 0.15) is 6.10 Å². The molecule has 0 spiro atoms. The maximum absolute atomic E-state index is 13.7.